The van der Waals surface area contributed by atoms with Crippen LogP contribution in [0.2, 0.25) is 0 Å². The molecule has 0 saturated heterocycles. The van der Waals surface area contributed by atoms with Crippen molar-refractivity contribution in [1.29, 1.82) is 0 Å². The van der Waals surface area contributed by atoms with Crippen LogP contribution in [0.4, 0.5) is 5.69 Å². The van der Waals surface area contributed by atoms with Crippen LogP contribution in [-0.2, 0) is 13.5 Å². The number of aromatic carboxylic acids is 1. The molecule has 112 valence electrons. The van der Waals surface area contributed by atoms with Gasteiger partial charge in [-0.2, -0.15) is 5.10 Å². The Morgan fingerprint density at radius 1 is 1.48 bits per heavy atom. The second-order valence-corrected chi connectivity index (χ2v) is 5.07. The van der Waals surface area contributed by atoms with Crippen molar-refractivity contribution in [3.63, 3.8) is 0 Å². The van der Waals surface area contributed by atoms with E-state index in [9.17, 15) is 9.90 Å². The predicted octanol–water partition coefficient (Wildman–Crippen LogP) is 1.69. The Labute approximate surface area is 123 Å². The largest absolute Gasteiger partial charge is 0.476 e. The lowest BCUT2D eigenvalue weighted by Crippen LogP contribution is -2.14. The van der Waals surface area contributed by atoms with Crippen LogP contribution in [0.3, 0.4) is 0 Å². The highest BCUT2D eigenvalue weighted by molar-refractivity contribution is 5.91. The van der Waals surface area contributed by atoms with E-state index < -0.39 is 5.97 Å². The first-order valence-electron chi connectivity index (χ1n) is 6.80. The minimum atomic E-state index is -1.05. The molecular weight excluding hydrogens is 270 g/mol. The van der Waals surface area contributed by atoms with Gasteiger partial charge in [0.1, 0.15) is 5.82 Å². The molecule has 2 aromatic heterocycles. The minimum absolute atomic E-state index is 0.0127. The Morgan fingerprint density at radius 3 is 2.81 bits per heavy atom. The molecule has 0 aliphatic carbocycles. The van der Waals surface area contributed by atoms with Crippen molar-refractivity contribution in [3.05, 3.63) is 35.7 Å². The Kier molecular flexibility index (Phi) is 4.52. The van der Waals surface area contributed by atoms with Crippen molar-refractivity contribution in [3.8, 4) is 0 Å². The predicted molar refractivity (Wildman–Crippen MR) is 78.5 cm³/mol. The van der Waals surface area contributed by atoms with Gasteiger partial charge in [-0.15, -0.1) is 0 Å². The number of nitrogens with zero attached hydrogens (tertiary/aromatic N) is 4. The minimum Gasteiger partial charge on any atom is -0.476 e. The fourth-order valence-corrected chi connectivity index (χ4v) is 1.94. The van der Waals surface area contributed by atoms with Crippen LogP contribution in [0.25, 0.3) is 0 Å². The summed E-state index contributed by atoms with van der Waals surface area (Å²) in [4.78, 5) is 19.6. The first kappa shape index (κ1) is 15.0. The van der Waals surface area contributed by atoms with Crippen LogP contribution < -0.4 is 5.32 Å². The number of carboxylic acids is 1. The molecule has 0 amide bonds. The van der Waals surface area contributed by atoms with Crippen molar-refractivity contribution >= 4 is 11.7 Å². The molecule has 0 aromatic carbocycles. The molecule has 0 saturated carbocycles. The van der Waals surface area contributed by atoms with Gasteiger partial charge >= 0.3 is 5.97 Å². The first-order valence-corrected chi connectivity index (χ1v) is 6.80. The summed E-state index contributed by atoms with van der Waals surface area (Å²) >= 11 is 0. The average Bonchev–Trinajstić information content (AvgIpc) is 2.84. The van der Waals surface area contributed by atoms with Crippen LogP contribution in [0, 0.1) is 0 Å². The van der Waals surface area contributed by atoms with E-state index >= 15 is 0 Å². The van der Waals surface area contributed by atoms with Crippen molar-refractivity contribution in [1.82, 2.24) is 19.7 Å². The van der Waals surface area contributed by atoms with E-state index in [1.807, 2.05) is 27.0 Å². The molecule has 2 heterocycles. The number of hydrogen-bond donors (Lipinski definition) is 2. The number of anilines is 1. The first-order chi connectivity index (χ1) is 9.99. The highest BCUT2D eigenvalue weighted by Gasteiger charge is 2.15. The quantitative estimate of drug-likeness (QED) is 0.840. The number of hydrogen-bond acceptors (Lipinski definition) is 5. The summed E-state index contributed by atoms with van der Waals surface area (Å²) in [5, 5.41) is 16.4. The molecule has 0 radical (unpaired) electrons. The number of carboxylic acid groups (broad SMARTS) is 1. The van der Waals surface area contributed by atoms with Crippen molar-refractivity contribution in [2.75, 3.05) is 11.9 Å². The summed E-state index contributed by atoms with van der Waals surface area (Å²) in [5.74, 6) is -0.432. The summed E-state index contributed by atoms with van der Waals surface area (Å²) in [7, 11) is 1.87. The van der Waals surface area contributed by atoms with E-state index in [0.29, 0.717) is 18.1 Å². The molecule has 2 N–H and O–H groups in total. The highest BCUT2D eigenvalue weighted by Crippen LogP contribution is 2.16. The number of nitrogens with one attached hydrogen (secondary N) is 1. The van der Waals surface area contributed by atoms with Crippen molar-refractivity contribution in [2.45, 2.75) is 26.2 Å². The van der Waals surface area contributed by atoms with Crippen LogP contribution in [-0.4, -0.2) is 37.4 Å². The summed E-state index contributed by atoms with van der Waals surface area (Å²) in [6.07, 6.45) is 4.01. The fourth-order valence-electron chi connectivity index (χ4n) is 1.94. The number of aryl methyl sites for hydroxylation is 1. The Bertz CT molecular complexity index is 636. The van der Waals surface area contributed by atoms with E-state index in [1.165, 1.54) is 6.20 Å². The van der Waals surface area contributed by atoms with Crippen LogP contribution in [0.1, 0.15) is 41.8 Å². The van der Waals surface area contributed by atoms with Crippen molar-refractivity contribution in [2.24, 2.45) is 7.05 Å². The topological polar surface area (TPSA) is 92.9 Å². The second-order valence-electron chi connectivity index (χ2n) is 5.07. The maximum Gasteiger partial charge on any atom is 0.356 e. The Morgan fingerprint density at radius 2 is 2.24 bits per heavy atom. The van der Waals surface area contributed by atoms with Gasteiger partial charge in [0.25, 0.3) is 0 Å². The van der Waals surface area contributed by atoms with Gasteiger partial charge in [0.05, 0.1) is 11.9 Å². The Hall–Kier alpha value is -2.44. The average molecular weight is 289 g/mol. The zero-order valence-corrected chi connectivity index (χ0v) is 12.4. The maximum atomic E-state index is 11.3. The third-order valence-corrected chi connectivity index (χ3v) is 3.15. The lowest BCUT2D eigenvalue weighted by atomic mass is 10.2. The molecule has 0 aliphatic heterocycles. The lowest BCUT2D eigenvalue weighted by molar-refractivity contribution is 0.0691. The molecule has 0 atom stereocenters. The molecular formula is C14H19N5O2. The molecule has 0 fully saturated rings. The van der Waals surface area contributed by atoms with Gasteiger partial charge in [-0.3, -0.25) is 4.68 Å². The zero-order chi connectivity index (χ0) is 15.4. The second kappa shape index (κ2) is 6.34. The number of carbonyl (C=O) groups is 1. The van der Waals surface area contributed by atoms with E-state index in [4.69, 9.17) is 0 Å². The van der Waals surface area contributed by atoms with Gasteiger partial charge in [0.2, 0.25) is 0 Å². The van der Waals surface area contributed by atoms with E-state index in [-0.39, 0.29) is 11.6 Å². The number of aromatic nitrogens is 4. The summed E-state index contributed by atoms with van der Waals surface area (Å²) in [6.45, 7) is 4.44. The van der Waals surface area contributed by atoms with E-state index in [0.717, 1.165) is 12.1 Å². The van der Waals surface area contributed by atoms with E-state index in [1.54, 1.807) is 10.9 Å². The van der Waals surface area contributed by atoms with Gasteiger partial charge in [-0.1, -0.05) is 13.8 Å². The van der Waals surface area contributed by atoms with Gasteiger partial charge in [0, 0.05) is 37.8 Å². The summed E-state index contributed by atoms with van der Waals surface area (Å²) < 4.78 is 1.79. The van der Waals surface area contributed by atoms with E-state index in [2.05, 4.69) is 20.4 Å². The van der Waals surface area contributed by atoms with Gasteiger partial charge < -0.3 is 10.4 Å². The molecule has 0 unspecified atom stereocenters. The van der Waals surface area contributed by atoms with Crippen LogP contribution >= 0.6 is 0 Å². The normalized spacial score (nSPS) is 10.9. The molecule has 7 heteroatoms. The smallest absolute Gasteiger partial charge is 0.356 e. The molecule has 0 bridgehead atoms. The third kappa shape index (κ3) is 3.56. The Balaban J connectivity index is 2.09. The summed E-state index contributed by atoms with van der Waals surface area (Å²) in [5.41, 5.74) is 1.52. The third-order valence-electron chi connectivity index (χ3n) is 3.15. The maximum absolute atomic E-state index is 11.3. The zero-order valence-electron chi connectivity index (χ0n) is 12.4. The van der Waals surface area contributed by atoms with Crippen LogP contribution in [0.5, 0.6) is 0 Å². The standard InChI is InChI=1S/C14H19N5O2/c1-9(2)13-16-8-11(12(18-13)14(20)21)15-6-4-10-5-7-17-19(10)3/h5,7-9,15H,4,6H2,1-3H3,(H,20,21). The van der Waals surface area contributed by atoms with Crippen molar-refractivity contribution < 1.29 is 9.90 Å². The fraction of sp³-hybridized carbons (Fsp3) is 0.429. The van der Waals surface area contributed by atoms with Gasteiger partial charge in [-0.05, 0) is 6.07 Å². The molecule has 0 spiro atoms. The molecule has 2 aromatic rings. The monoisotopic (exact) mass is 289 g/mol. The van der Waals surface area contributed by atoms with Crippen LogP contribution in [0.15, 0.2) is 18.5 Å². The lowest BCUT2D eigenvalue weighted by Gasteiger charge is -2.11. The SMILES string of the molecule is CC(C)c1ncc(NCCc2ccnn2C)c(C(=O)O)n1. The van der Waals surface area contributed by atoms with Gasteiger partial charge in [0.15, 0.2) is 5.69 Å². The van der Waals surface area contributed by atoms with Gasteiger partial charge in [-0.25, -0.2) is 14.8 Å². The molecule has 7 nitrogen and oxygen atoms in total. The molecule has 21 heavy (non-hydrogen) atoms. The molecule has 0 aliphatic rings. The highest BCUT2D eigenvalue weighted by atomic mass is 16.4. The summed E-state index contributed by atoms with van der Waals surface area (Å²) in [6, 6.07) is 1.93. The number of rotatable bonds is 6. The molecule has 2 rings (SSSR count).